The van der Waals surface area contributed by atoms with E-state index in [0.717, 1.165) is 44.5 Å². The van der Waals surface area contributed by atoms with Gasteiger partial charge in [0, 0.05) is 12.6 Å². The first-order valence-corrected chi connectivity index (χ1v) is 9.75. The Morgan fingerprint density at radius 3 is 2.58 bits per heavy atom. The predicted octanol–water partition coefficient (Wildman–Crippen LogP) is 3.18. The summed E-state index contributed by atoms with van der Waals surface area (Å²) >= 11 is 0. The van der Waals surface area contributed by atoms with Crippen molar-refractivity contribution in [3.8, 4) is 0 Å². The van der Waals surface area contributed by atoms with Crippen molar-refractivity contribution in [3.63, 3.8) is 0 Å². The van der Waals surface area contributed by atoms with Gasteiger partial charge in [0.05, 0.1) is 0 Å². The highest BCUT2D eigenvalue weighted by molar-refractivity contribution is 5.78. The first kappa shape index (κ1) is 17.5. The highest BCUT2D eigenvalue weighted by Crippen LogP contribution is 2.32. The van der Waals surface area contributed by atoms with E-state index in [1.54, 1.807) is 0 Å². The van der Waals surface area contributed by atoms with Crippen LogP contribution in [0.3, 0.4) is 0 Å². The summed E-state index contributed by atoms with van der Waals surface area (Å²) < 4.78 is 6.09. The lowest BCUT2D eigenvalue weighted by Gasteiger charge is -2.44. The lowest BCUT2D eigenvalue weighted by molar-refractivity contribution is -0.165. The Bertz CT molecular complexity index is 677. The molecule has 4 heteroatoms. The van der Waals surface area contributed by atoms with E-state index in [-0.39, 0.29) is 24.2 Å². The Morgan fingerprint density at radius 1 is 1.19 bits per heavy atom. The van der Waals surface area contributed by atoms with Gasteiger partial charge in [-0.3, -0.25) is 9.80 Å². The number of nitrogens with zero attached hydrogens (tertiary/aromatic N) is 2. The van der Waals surface area contributed by atoms with Gasteiger partial charge in [-0.15, -0.1) is 0 Å². The topological polar surface area (TPSA) is 32.8 Å². The smallest absolute Gasteiger partial charge is 0.328 e. The number of carbonyl (C=O) groups is 1. The van der Waals surface area contributed by atoms with Crippen LogP contribution in [0.2, 0.25) is 0 Å². The predicted molar refractivity (Wildman–Crippen MR) is 103 cm³/mol. The molecule has 0 saturated carbocycles. The molecule has 5 rings (SSSR count). The molecule has 0 spiro atoms. The molecule has 1 aromatic carbocycles. The van der Waals surface area contributed by atoms with E-state index in [1.807, 2.05) is 37.4 Å². The number of rotatable bonds is 5. The molecule has 1 unspecified atom stereocenters. The fourth-order valence-electron chi connectivity index (χ4n) is 4.49. The molecular formula is C22H28N2O2. The normalized spacial score (nSPS) is 31.2. The fraction of sp³-hybridized carbons (Fsp3) is 0.500. The molecule has 26 heavy (non-hydrogen) atoms. The zero-order chi connectivity index (χ0) is 17.9. The molecule has 4 aliphatic rings. The maximum absolute atomic E-state index is 13.2. The Kier molecular flexibility index (Phi) is 5.23. The molecule has 0 aromatic heterocycles. The number of fused-ring (bicyclic) bond motifs is 3. The minimum Gasteiger partial charge on any atom is -0.459 e. The van der Waals surface area contributed by atoms with Gasteiger partial charge < -0.3 is 4.74 Å². The lowest BCUT2D eigenvalue weighted by atomic mass is 9.86. The molecule has 138 valence electrons. The quantitative estimate of drug-likeness (QED) is 0.762. The van der Waals surface area contributed by atoms with E-state index >= 15 is 0 Å². The fourth-order valence-corrected chi connectivity index (χ4v) is 4.49. The third-order valence-electron chi connectivity index (χ3n) is 6.09. The molecular weight excluding hydrogens is 324 g/mol. The van der Waals surface area contributed by atoms with Crippen LogP contribution in [-0.2, 0) is 9.53 Å². The minimum absolute atomic E-state index is 0.0476. The summed E-state index contributed by atoms with van der Waals surface area (Å²) in [5.41, 5.74) is 1.00. The summed E-state index contributed by atoms with van der Waals surface area (Å²) in [6.07, 6.45) is 11.7. The van der Waals surface area contributed by atoms with Crippen molar-refractivity contribution in [1.29, 1.82) is 0 Å². The van der Waals surface area contributed by atoms with Crippen LogP contribution in [0.5, 0.6) is 0 Å². The second-order valence-electron chi connectivity index (χ2n) is 7.71. The maximum Gasteiger partial charge on any atom is 0.328 e. The molecule has 3 fully saturated rings. The van der Waals surface area contributed by atoms with Gasteiger partial charge in [-0.1, -0.05) is 54.6 Å². The Morgan fingerprint density at radius 2 is 1.96 bits per heavy atom. The zero-order valence-electron chi connectivity index (χ0n) is 15.5. The molecule has 0 amide bonds. The van der Waals surface area contributed by atoms with Crippen molar-refractivity contribution in [2.45, 2.75) is 37.5 Å². The highest BCUT2D eigenvalue weighted by Gasteiger charge is 2.39. The van der Waals surface area contributed by atoms with Gasteiger partial charge in [0.2, 0.25) is 0 Å². The molecule has 3 saturated heterocycles. The summed E-state index contributed by atoms with van der Waals surface area (Å²) in [6.45, 7) is 3.20. The molecule has 1 aromatic rings. The van der Waals surface area contributed by atoms with Crippen LogP contribution < -0.4 is 0 Å². The minimum atomic E-state index is -0.368. The first-order valence-electron chi connectivity index (χ1n) is 9.75. The molecule has 0 radical (unpaired) electrons. The van der Waals surface area contributed by atoms with Gasteiger partial charge >= 0.3 is 5.97 Å². The molecule has 3 aliphatic heterocycles. The molecule has 1 aliphatic carbocycles. The molecule has 4 nitrogen and oxygen atoms in total. The van der Waals surface area contributed by atoms with Crippen molar-refractivity contribution in [2.75, 3.05) is 26.7 Å². The number of carbonyl (C=O) groups excluding carboxylic acids is 1. The molecule has 2 bridgehead atoms. The average Bonchev–Trinajstić information content (AvgIpc) is 2.70. The number of allylic oxidation sites excluding steroid dienone is 2. The second kappa shape index (κ2) is 7.77. The van der Waals surface area contributed by atoms with E-state index < -0.39 is 0 Å². The van der Waals surface area contributed by atoms with E-state index in [4.69, 9.17) is 4.74 Å². The summed E-state index contributed by atoms with van der Waals surface area (Å²) in [7, 11) is 2.03. The van der Waals surface area contributed by atoms with Crippen molar-refractivity contribution < 1.29 is 9.53 Å². The van der Waals surface area contributed by atoms with Crippen LogP contribution in [0, 0.1) is 5.92 Å². The highest BCUT2D eigenvalue weighted by atomic mass is 16.5. The van der Waals surface area contributed by atoms with E-state index in [0.29, 0.717) is 5.92 Å². The van der Waals surface area contributed by atoms with Crippen molar-refractivity contribution in [1.82, 2.24) is 9.80 Å². The lowest BCUT2D eigenvalue weighted by Crippen LogP contribution is -2.52. The number of hydrogen-bond acceptors (Lipinski definition) is 4. The monoisotopic (exact) mass is 352 g/mol. The number of piperidine rings is 3. The van der Waals surface area contributed by atoms with Crippen molar-refractivity contribution in [3.05, 3.63) is 60.2 Å². The second-order valence-corrected chi connectivity index (χ2v) is 7.71. The largest absolute Gasteiger partial charge is 0.459 e. The standard InChI is InChI=1S/C22H28N2O2/c1-23(19-10-6-3-7-11-19)21(18-8-4-2-5-9-18)22(25)26-20-16-24-14-12-17(20)13-15-24/h2-10,17,19-21H,11-16H2,1H3/t19?,20-,21+/m0/s1. The molecule has 3 heterocycles. The summed E-state index contributed by atoms with van der Waals surface area (Å²) in [5.74, 6) is 0.420. The maximum atomic E-state index is 13.2. The number of likely N-dealkylation sites (N-methyl/N-ethyl adjacent to an activating group) is 1. The van der Waals surface area contributed by atoms with Crippen LogP contribution in [-0.4, -0.2) is 54.6 Å². The van der Waals surface area contributed by atoms with E-state index in [1.165, 1.54) is 0 Å². The number of benzene rings is 1. The van der Waals surface area contributed by atoms with Crippen LogP contribution in [0.25, 0.3) is 0 Å². The summed E-state index contributed by atoms with van der Waals surface area (Å²) in [4.78, 5) is 17.8. The van der Waals surface area contributed by atoms with Crippen molar-refractivity contribution >= 4 is 5.97 Å². The number of hydrogen-bond donors (Lipinski definition) is 0. The van der Waals surface area contributed by atoms with Gasteiger partial charge in [-0.05, 0) is 50.9 Å². The zero-order valence-corrected chi connectivity index (χ0v) is 15.5. The van der Waals surface area contributed by atoms with Gasteiger partial charge in [0.25, 0.3) is 0 Å². The van der Waals surface area contributed by atoms with Gasteiger partial charge in [0.1, 0.15) is 12.1 Å². The van der Waals surface area contributed by atoms with Gasteiger partial charge in [0.15, 0.2) is 0 Å². The molecule has 3 atom stereocenters. The summed E-state index contributed by atoms with van der Waals surface area (Å²) in [5, 5.41) is 0. The summed E-state index contributed by atoms with van der Waals surface area (Å²) in [6, 6.07) is 9.88. The number of ether oxygens (including phenoxy) is 1. The van der Waals surface area contributed by atoms with Crippen LogP contribution in [0.4, 0.5) is 0 Å². The van der Waals surface area contributed by atoms with Crippen LogP contribution in [0.1, 0.15) is 30.9 Å². The van der Waals surface area contributed by atoms with E-state index in [9.17, 15) is 4.79 Å². The average molecular weight is 352 g/mol. The SMILES string of the molecule is CN(C1C=CC=CC1)[C@@H](C(=O)O[C@H]1CN2CCC1CC2)c1ccccc1. The first-order chi connectivity index (χ1) is 12.7. The van der Waals surface area contributed by atoms with Crippen molar-refractivity contribution in [2.24, 2.45) is 5.92 Å². The van der Waals surface area contributed by atoms with E-state index in [2.05, 4.69) is 34.1 Å². The van der Waals surface area contributed by atoms with Crippen LogP contribution >= 0.6 is 0 Å². The van der Waals surface area contributed by atoms with Gasteiger partial charge in [-0.2, -0.15) is 0 Å². The Labute approximate surface area is 156 Å². The molecule has 0 N–H and O–H groups in total. The van der Waals surface area contributed by atoms with Gasteiger partial charge in [-0.25, -0.2) is 4.79 Å². The third kappa shape index (κ3) is 3.62. The Hall–Kier alpha value is -1.91. The van der Waals surface area contributed by atoms with Crippen LogP contribution in [0.15, 0.2) is 54.6 Å². The number of esters is 1. The Balaban J connectivity index is 1.53. The third-order valence-corrected chi connectivity index (χ3v) is 6.09.